The molecule has 0 radical (unpaired) electrons. The monoisotopic (exact) mass is 604 g/mol. The third-order valence-electron chi connectivity index (χ3n) is 9.46. The Bertz CT molecular complexity index is 1950. The number of benzene rings is 3. The van der Waals surface area contributed by atoms with Gasteiger partial charge in [0, 0.05) is 21.5 Å². The van der Waals surface area contributed by atoms with E-state index in [2.05, 4.69) is 6.08 Å². The van der Waals surface area contributed by atoms with Crippen LogP contribution in [0.4, 0.5) is 5.69 Å². The van der Waals surface area contributed by atoms with E-state index in [4.69, 9.17) is 21.3 Å². The Morgan fingerprint density at radius 2 is 1.66 bits per heavy atom. The number of allylic oxidation sites excluding steroid dienone is 2. The number of aromatic nitrogens is 1. The van der Waals surface area contributed by atoms with Crippen LogP contribution >= 0.6 is 11.6 Å². The van der Waals surface area contributed by atoms with Gasteiger partial charge in [-0.3, -0.25) is 19.3 Å². The fraction of sp³-hybridized carbons (Fsp3) is 0.250. The van der Waals surface area contributed by atoms with Crippen LogP contribution in [0.5, 0.6) is 0 Å². The van der Waals surface area contributed by atoms with Crippen molar-refractivity contribution in [3.8, 4) is 11.3 Å². The number of halogens is 1. The predicted molar refractivity (Wildman–Crippen MR) is 168 cm³/mol. The van der Waals surface area contributed by atoms with E-state index in [1.54, 1.807) is 60.7 Å². The van der Waals surface area contributed by atoms with Crippen LogP contribution in [0.1, 0.15) is 45.2 Å². The van der Waals surface area contributed by atoms with Gasteiger partial charge in [0.2, 0.25) is 11.8 Å². The number of carbonyl (C=O) groups is 4. The molecule has 4 aromatic rings. The molecule has 2 amide bonds. The highest BCUT2D eigenvalue weighted by Crippen LogP contribution is 2.56. The molecular weight excluding hydrogens is 576 g/mol. The number of ether oxygens (including phenoxy) is 1. The number of ketones is 1. The summed E-state index contributed by atoms with van der Waals surface area (Å²) in [6.07, 6.45) is 3.04. The fourth-order valence-electron chi connectivity index (χ4n) is 7.03. The third-order valence-corrected chi connectivity index (χ3v) is 9.69. The van der Waals surface area contributed by atoms with E-state index in [0.717, 1.165) is 17.5 Å². The molecule has 2 heterocycles. The molecule has 7 nitrogen and oxygen atoms in total. The first-order chi connectivity index (χ1) is 21.1. The first-order valence-electron chi connectivity index (χ1n) is 14.6. The molecule has 3 aliphatic rings. The highest BCUT2D eigenvalue weighted by molar-refractivity contribution is 6.31. The van der Waals surface area contributed by atoms with Crippen molar-refractivity contribution >= 4 is 51.8 Å². The van der Waals surface area contributed by atoms with Gasteiger partial charge in [-0.2, -0.15) is 0 Å². The maximum Gasteiger partial charge on any atom is 0.339 e. The van der Waals surface area contributed by atoms with Crippen molar-refractivity contribution in [1.29, 1.82) is 0 Å². The number of amides is 2. The zero-order valence-corrected chi connectivity index (χ0v) is 25.2. The lowest BCUT2D eigenvalue weighted by atomic mass is 9.82. The van der Waals surface area contributed by atoms with Gasteiger partial charge in [0.15, 0.2) is 12.4 Å². The van der Waals surface area contributed by atoms with E-state index in [1.165, 1.54) is 10.5 Å². The van der Waals surface area contributed by atoms with Crippen LogP contribution in [-0.2, 0) is 14.3 Å². The van der Waals surface area contributed by atoms with Gasteiger partial charge in [-0.15, -0.1) is 0 Å². The topological polar surface area (TPSA) is 93.6 Å². The van der Waals surface area contributed by atoms with Crippen LogP contribution < -0.4 is 4.90 Å². The molecule has 1 saturated carbocycles. The summed E-state index contributed by atoms with van der Waals surface area (Å²) < 4.78 is 5.48. The zero-order valence-electron chi connectivity index (χ0n) is 24.5. The molecule has 220 valence electrons. The molecule has 4 atom stereocenters. The normalized spacial score (nSPS) is 22.0. The number of nitrogens with zero attached hydrogens (tertiary/aromatic N) is 2. The number of carbonyl (C=O) groups excluding carboxylic acids is 4. The van der Waals surface area contributed by atoms with E-state index in [1.807, 2.05) is 26.8 Å². The molecule has 0 spiro atoms. The summed E-state index contributed by atoms with van der Waals surface area (Å²) in [5.41, 5.74) is 6.18. The highest BCUT2D eigenvalue weighted by atomic mass is 35.5. The van der Waals surface area contributed by atoms with Crippen LogP contribution in [0.15, 0.2) is 78.4 Å². The third kappa shape index (κ3) is 4.54. The van der Waals surface area contributed by atoms with Crippen LogP contribution in [0, 0.1) is 37.5 Å². The Kier molecular flexibility index (Phi) is 6.74. The van der Waals surface area contributed by atoms with Crippen molar-refractivity contribution in [1.82, 2.24) is 4.98 Å². The number of Topliss-reactive ketones (excluding diaryl/α,β-unsaturated/α-hetero) is 1. The van der Waals surface area contributed by atoms with Crippen molar-refractivity contribution in [3.63, 3.8) is 0 Å². The Morgan fingerprint density at radius 1 is 0.909 bits per heavy atom. The van der Waals surface area contributed by atoms with Gasteiger partial charge in [0.25, 0.3) is 0 Å². The van der Waals surface area contributed by atoms with Gasteiger partial charge in [0.1, 0.15) is 0 Å². The minimum absolute atomic E-state index is 0.131. The van der Waals surface area contributed by atoms with E-state index in [9.17, 15) is 19.2 Å². The van der Waals surface area contributed by atoms with Gasteiger partial charge in [-0.1, -0.05) is 47.5 Å². The summed E-state index contributed by atoms with van der Waals surface area (Å²) in [5, 5.41) is 0.931. The summed E-state index contributed by atoms with van der Waals surface area (Å²) >= 11 is 6.26. The number of anilines is 1. The lowest BCUT2D eigenvalue weighted by Crippen LogP contribution is -2.32. The average Bonchev–Trinajstić information content (AvgIpc) is 3.66. The quantitative estimate of drug-likeness (QED) is 0.103. The Labute approximate surface area is 259 Å². The number of imide groups is 1. The molecule has 2 fully saturated rings. The molecule has 1 aliphatic heterocycles. The van der Waals surface area contributed by atoms with Crippen molar-refractivity contribution in [2.75, 3.05) is 11.5 Å². The van der Waals surface area contributed by atoms with Crippen molar-refractivity contribution < 1.29 is 23.9 Å². The van der Waals surface area contributed by atoms with Crippen molar-refractivity contribution in [2.45, 2.75) is 27.2 Å². The molecule has 2 bridgehead atoms. The van der Waals surface area contributed by atoms with E-state index < -0.39 is 12.6 Å². The second kappa shape index (κ2) is 10.5. The lowest BCUT2D eigenvalue weighted by Gasteiger charge is -2.19. The summed E-state index contributed by atoms with van der Waals surface area (Å²) in [5.74, 6) is -1.51. The number of esters is 1. The number of aryl methyl sites for hydroxylation is 2. The van der Waals surface area contributed by atoms with Crippen LogP contribution in [-0.4, -0.2) is 35.2 Å². The number of rotatable bonds is 6. The molecule has 0 N–H and O–H groups in total. The standard InChI is InChI=1S/C36H29ClN2O5/c1-18-4-5-22(12-19(18)2)31(40)17-44-36(43)28-16-30(38-29-11-8-24(37)15-27(28)29)21-6-9-25(10-7-21)39-34(41)32-23-13-20(3)26(14-23)33(32)35(39)42/h4-13,15-16,23,26,32-33H,14,17H2,1-3H3. The van der Waals surface area contributed by atoms with Crippen LogP contribution in [0.25, 0.3) is 22.2 Å². The predicted octanol–water partition coefficient (Wildman–Crippen LogP) is 6.91. The van der Waals surface area contributed by atoms with E-state index >= 15 is 0 Å². The highest BCUT2D eigenvalue weighted by Gasteiger charge is 2.60. The largest absolute Gasteiger partial charge is 0.454 e. The molecule has 1 saturated heterocycles. The molecular formula is C36H29ClN2O5. The van der Waals surface area contributed by atoms with Gasteiger partial charge >= 0.3 is 5.97 Å². The number of pyridine rings is 1. The molecule has 2 aliphatic carbocycles. The second-order valence-corrected chi connectivity index (χ2v) is 12.5. The van der Waals surface area contributed by atoms with Crippen LogP contribution in [0.2, 0.25) is 5.02 Å². The van der Waals surface area contributed by atoms with E-state index in [0.29, 0.717) is 38.4 Å². The smallest absolute Gasteiger partial charge is 0.339 e. The SMILES string of the molecule is CC1=CC2CC1C1C(=O)N(c3ccc(-c4cc(C(=O)OCC(=O)c5ccc(C)c(C)c5)c5cc(Cl)ccc5n4)cc3)C(=O)C21. The van der Waals surface area contributed by atoms with Gasteiger partial charge < -0.3 is 4.74 Å². The molecule has 1 aromatic heterocycles. The Hall–Kier alpha value is -4.62. The molecule has 4 unspecified atom stereocenters. The molecule has 7 rings (SSSR count). The zero-order chi connectivity index (χ0) is 30.9. The average molecular weight is 605 g/mol. The summed E-state index contributed by atoms with van der Waals surface area (Å²) in [6, 6.07) is 19.1. The number of hydrogen-bond acceptors (Lipinski definition) is 6. The van der Waals surface area contributed by atoms with Crippen molar-refractivity contribution in [3.05, 3.63) is 106 Å². The first kappa shape index (κ1) is 28.2. The first-order valence-corrected chi connectivity index (χ1v) is 15.0. The van der Waals surface area contributed by atoms with Gasteiger partial charge in [-0.25, -0.2) is 9.78 Å². The Morgan fingerprint density at radius 3 is 2.41 bits per heavy atom. The second-order valence-electron chi connectivity index (χ2n) is 12.0. The lowest BCUT2D eigenvalue weighted by molar-refractivity contribution is -0.123. The van der Waals surface area contributed by atoms with Gasteiger partial charge in [-0.05, 0) is 92.6 Å². The van der Waals surface area contributed by atoms with E-state index in [-0.39, 0.29) is 46.8 Å². The summed E-state index contributed by atoms with van der Waals surface area (Å²) in [7, 11) is 0. The molecule has 3 aromatic carbocycles. The number of fused-ring (bicyclic) bond motifs is 6. The minimum atomic E-state index is -0.673. The van der Waals surface area contributed by atoms with Gasteiger partial charge in [0.05, 0.1) is 34.3 Å². The maximum absolute atomic E-state index is 13.4. The minimum Gasteiger partial charge on any atom is -0.454 e. The summed E-state index contributed by atoms with van der Waals surface area (Å²) in [6.45, 7) is 5.53. The Balaban J connectivity index is 1.16. The maximum atomic E-state index is 13.4. The molecule has 8 heteroatoms. The summed E-state index contributed by atoms with van der Waals surface area (Å²) in [4.78, 5) is 59.0. The van der Waals surface area contributed by atoms with Crippen LogP contribution in [0.3, 0.4) is 0 Å². The number of hydrogen-bond donors (Lipinski definition) is 0. The molecule has 44 heavy (non-hydrogen) atoms. The fourth-order valence-corrected chi connectivity index (χ4v) is 7.20. The van der Waals surface area contributed by atoms with Crippen molar-refractivity contribution in [2.24, 2.45) is 23.7 Å².